The summed E-state index contributed by atoms with van der Waals surface area (Å²) in [6.07, 6.45) is 5.86. The molecule has 4 bridgehead atoms. The maximum Gasteiger partial charge on any atom is 0.269 e. The number of phosphoric acid groups is 1. The zero-order valence-corrected chi connectivity index (χ0v) is 18.6. The van der Waals surface area contributed by atoms with Gasteiger partial charge in [-0.2, -0.15) is 4.89 Å². The van der Waals surface area contributed by atoms with E-state index in [0.29, 0.717) is 17.2 Å². The highest BCUT2D eigenvalue weighted by Gasteiger charge is 2.77. The first-order valence-electron chi connectivity index (χ1n) is 10.1. The number of fused-ring (bicyclic) bond motifs is 1. The van der Waals surface area contributed by atoms with Gasteiger partial charge >= 0.3 is 0 Å². The molecule has 1 aromatic carbocycles. The quantitative estimate of drug-likeness (QED) is 0.496. The number of phosphoric ester groups is 1. The van der Waals surface area contributed by atoms with Crippen molar-refractivity contribution in [2.75, 3.05) is 7.11 Å². The molecule has 5 fully saturated rings. The third kappa shape index (κ3) is 2.54. The SMILES string of the molecule is COC1(c2cc3c(Cl)c(OP(=O)([O-])[O-])ccc3s2)OOC12C1CC3CC(C1)CC2C3. The second-order valence-corrected chi connectivity index (χ2v) is 11.6. The van der Waals surface area contributed by atoms with E-state index in [2.05, 4.69) is 4.52 Å². The monoisotopic (exact) mass is 470 g/mol. The van der Waals surface area contributed by atoms with Crippen LogP contribution < -0.4 is 14.3 Å². The number of rotatable bonds is 4. The van der Waals surface area contributed by atoms with Crippen molar-refractivity contribution in [3.63, 3.8) is 0 Å². The van der Waals surface area contributed by atoms with Gasteiger partial charge in [-0.3, -0.25) is 0 Å². The number of hydrogen-bond donors (Lipinski definition) is 0. The average molecular weight is 471 g/mol. The van der Waals surface area contributed by atoms with Gasteiger partial charge in [-0.1, -0.05) is 11.6 Å². The minimum Gasteiger partial charge on any atom is -0.780 e. The molecule has 1 aliphatic heterocycles. The fraction of sp³-hybridized carbons (Fsp3) is 0.600. The van der Waals surface area contributed by atoms with Crippen molar-refractivity contribution in [2.45, 2.75) is 43.5 Å². The van der Waals surface area contributed by atoms with Crippen LogP contribution in [-0.4, -0.2) is 12.7 Å². The predicted octanol–water partition coefficient (Wildman–Crippen LogP) is 3.72. The molecule has 7 nitrogen and oxygen atoms in total. The third-order valence-electron chi connectivity index (χ3n) is 7.58. The van der Waals surface area contributed by atoms with Crippen LogP contribution in [0.4, 0.5) is 0 Å². The lowest BCUT2D eigenvalue weighted by atomic mass is 9.47. The molecule has 4 aliphatic carbocycles. The molecule has 1 spiro atoms. The molecule has 10 heteroatoms. The molecular formula is C20H20ClO7PS-2. The molecule has 1 saturated heterocycles. The van der Waals surface area contributed by atoms with Gasteiger partial charge < -0.3 is 23.6 Å². The summed E-state index contributed by atoms with van der Waals surface area (Å²) in [4.78, 5) is 34.7. The van der Waals surface area contributed by atoms with Crippen molar-refractivity contribution in [2.24, 2.45) is 23.7 Å². The van der Waals surface area contributed by atoms with Crippen LogP contribution in [0.15, 0.2) is 18.2 Å². The van der Waals surface area contributed by atoms with Crippen LogP contribution in [0.1, 0.15) is 37.0 Å². The molecule has 1 unspecified atom stereocenters. The van der Waals surface area contributed by atoms with Crippen LogP contribution in [0.3, 0.4) is 0 Å². The molecule has 30 heavy (non-hydrogen) atoms. The zero-order chi connectivity index (χ0) is 20.9. The van der Waals surface area contributed by atoms with E-state index < -0.39 is 19.2 Å². The molecule has 7 rings (SSSR count). The molecule has 4 saturated carbocycles. The standard InChI is InChI=1S/C20H22ClO7PS/c1-25-20(19(27-28-20)12-5-10-4-11(7-12)8-13(19)6-10)17-9-14-16(30-17)3-2-15(18(14)21)26-29(22,23)24/h2-3,9-13H,4-8H2,1H3,(H2,22,23,24)/p-2. The molecule has 2 heterocycles. The van der Waals surface area contributed by atoms with Gasteiger partial charge in [-0.25, -0.2) is 4.89 Å². The lowest BCUT2D eigenvalue weighted by Gasteiger charge is -2.68. The maximum atomic E-state index is 11.0. The van der Waals surface area contributed by atoms with E-state index in [4.69, 9.17) is 26.1 Å². The Hall–Kier alpha value is -0.700. The summed E-state index contributed by atoms with van der Waals surface area (Å²) in [6.45, 7) is 0. The molecule has 2 aromatic rings. The summed E-state index contributed by atoms with van der Waals surface area (Å²) in [5, 5.41) is 0.668. The summed E-state index contributed by atoms with van der Waals surface area (Å²) < 4.78 is 22.4. The molecule has 162 valence electrons. The highest BCUT2D eigenvalue weighted by atomic mass is 35.5. The molecule has 0 N–H and O–H groups in total. The van der Waals surface area contributed by atoms with Crippen LogP contribution in [0.25, 0.3) is 10.1 Å². The summed E-state index contributed by atoms with van der Waals surface area (Å²) in [6, 6.07) is 4.92. The topological polar surface area (TPSA) is 100 Å². The Morgan fingerprint density at radius 3 is 2.33 bits per heavy atom. The minimum absolute atomic E-state index is 0.0764. The average Bonchev–Trinajstić information content (AvgIpc) is 3.08. The second-order valence-electron chi connectivity index (χ2n) is 9.02. The van der Waals surface area contributed by atoms with Crippen molar-refractivity contribution >= 4 is 40.8 Å². The van der Waals surface area contributed by atoms with Crippen molar-refractivity contribution in [1.82, 2.24) is 0 Å². The Labute approximate surface area is 182 Å². The van der Waals surface area contributed by atoms with Gasteiger partial charge in [0.2, 0.25) is 0 Å². The zero-order valence-electron chi connectivity index (χ0n) is 16.2. The van der Waals surface area contributed by atoms with Crippen LogP contribution in [-0.2, 0) is 24.9 Å². The smallest absolute Gasteiger partial charge is 0.269 e. The Morgan fingerprint density at radius 1 is 1.13 bits per heavy atom. The summed E-state index contributed by atoms with van der Waals surface area (Å²) in [5.74, 6) is 1.11. The predicted molar refractivity (Wildman–Crippen MR) is 106 cm³/mol. The van der Waals surface area contributed by atoms with Gasteiger partial charge in [-0.05, 0) is 74.0 Å². The summed E-state index contributed by atoms with van der Waals surface area (Å²) in [7, 11) is -3.57. The highest BCUT2D eigenvalue weighted by Crippen LogP contribution is 2.70. The molecule has 1 aromatic heterocycles. The lowest BCUT2D eigenvalue weighted by molar-refractivity contribution is -0.644. The van der Waals surface area contributed by atoms with Crippen molar-refractivity contribution < 1.29 is 33.4 Å². The van der Waals surface area contributed by atoms with Gasteiger partial charge in [0, 0.05) is 17.2 Å². The van der Waals surface area contributed by atoms with E-state index in [1.54, 1.807) is 13.2 Å². The largest absolute Gasteiger partial charge is 0.780 e. The Balaban J connectivity index is 1.44. The van der Waals surface area contributed by atoms with Crippen LogP contribution in [0, 0.1) is 23.7 Å². The highest BCUT2D eigenvalue weighted by molar-refractivity contribution is 7.43. The minimum atomic E-state index is -5.21. The van der Waals surface area contributed by atoms with E-state index in [-0.39, 0.29) is 10.8 Å². The van der Waals surface area contributed by atoms with E-state index in [9.17, 15) is 14.4 Å². The number of hydrogen-bond acceptors (Lipinski definition) is 8. The van der Waals surface area contributed by atoms with Crippen molar-refractivity contribution in [3.8, 4) is 5.75 Å². The van der Waals surface area contributed by atoms with Crippen LogP contribution >= 0.6 is 30.8 Å². The number of halogens is 1. The van der Waals surface area contributed by atoms with E-state index >= 15 is 0 Å². The number of methoxy groups -OCH3 is 1. The van der Waals surface area contributed by atoms with Crippen LogP contribution in [0.5, 0.6) is 5.75 Å². The second kappa shape index (κ2) is 6.42. The first-order chi connectivity index (χ1) is 14.3. The van der Waals surface area contributed by atoms with Gasteiger partial charge in [0.25, 0.3) is 5.79 Å². The Morgan fingerprint density at radius 2 is 1.80 bits per heavy atom. The van der Waals surface area contributed by atoms with E-state index in [1.165, 1.54) is 23.8 Å². The first kappa shape index (κ1) is 19.9. The van der Waals surface area contributed by atoms with Crippen LogP contribution in [0.2, 0.25) is 5.02 Å². The third-order valence-corrected chi connectivity index (χ3v) is 9.58. The van der Waals surface area contributed by atoms with Gasteiger partial charge in [0.1, 0.15) is 13.6 Å². The molecule has 0 radical (unpaired) electrons. The molecular weight excluding hydrogens is 451 g/mol. The normalized spacial score (nSPS) is 39.6. The summed E-state index contributed by atoms with van der Waals surface area (Å²) >= 11 is 7.85. The lowest BCUT2D eigenvalue weighted by Crippen LogP contribution is -2.76. The fourth-order valence-corrected chi connectivity index (χ4v) is 8.70. The van der Waals surface area contributed by atoms with E-state index in [0.717, 1.165) is 47.1 Å². The molecule has 1 atom stereocenters. The maximum absolute atomic E-state index is 11.0. The van der Waals surface area contributed by atoms with Gasteiger partial charge in [0.05, 0.1) is 9.90 Å². The van der Waals surface area contributed by atoms with Gasteiger partial charge in [-0.15, -0.1) is 11.3 Å². The molecule has 0 amide bonds. The number of benzene rings is 1. The van der Waals surface area contributed by atoms with Gasteiger partial charge in [0.15, 0.2) is 5.60 Å². The van der Waals surface area contributed by atoms with Crippen molar-refractivity contribution in [1.29, 1.82) is 0 Å². The first-order valence-corrected chi connectivity index (χ1v) is 12.8. The molecule has 5 aliphatic rings. The van der Waals surface area contributed by atoms with E-state index in [1.807, 2.05) is 6.07 Å². The number of thiophene rings is 1. The fourth-order valence-electron chi connectivity index (χ4n) is 6.71. The number of ether oxygens (including phenoxy) is 1. The Kier molecular flexibility index (Phi) is 4.27. The summed E-state index contributed by atoms with van der Waals surface area (Å²) in [5.41, 5.74) is -0.512. The van der Waals surface area contributed by atoms with Crippen molar-refractivity contribution in [3.05, 3.63) is 28.1 Å². The Bertz CT molecular complexity index is 1050.